The van der Waals surface area contributed by atoms with E-state index in [9.17, 15) is 8.78 Å². The average molecular weight is 223 g/mol. The van der Waals surface area contributed by atoms with Gasteiger partial charge in [-0.25, -0.2) is 8.78 Å². The van der Waals surface area contributed by atoms with Crippen LogP contribution >= 0.6 is 0 Å². The SMILES string of the molecule is CC(C)n1cnnc1-c1cccc(F)c1F. The largest absolute Gasteiger partial charge is 0.311 e. The molecule has 16 heavy (non-hydrogen) atoms. The molecule has 0 fully saturated rings. The molecule has 2 rings (SSSR count). The van der Waals surface area contributed by atoms with Gasteiger partial charge in [-0.05, 0) is 26.0 Å². The molecule has 0 unspecified atom stereocenters. The van der Waals surface area contributed by atoms with Gasteiger partial charge in [0, 0.05) is 6.04 Å². The summed E-state index contributed by atoms with van der Waals surface area (Å²) >= 11 is 0. The van der Waals surface area contributed by atoms with Gasteiger partial charge in [0.05, 0.1) is 5.56 Å². The van der Waals surface area contributed by atoms with Gasteiger partial charge in [-0.2, -0.15) is 0 Å². The third-order valence-electron chi connectivity index (χ3n) is 2.32. The number of hydrogen-bond donors (Lipinski definition) is 0. The number of hydrogen-bond acceptors (Lipinski definition) is 2. The van der Waals surface area contributed by atoms with Crippen molar-refractivity contribution in [2.24, 2.45) is 0 Å². The van der Waals surface area contributed by atoms with E-state index < -0.39 is 11.6 Å². The zero-order valence-corrected chi connectivity index (χ0v) is 8.98. The second-order valence-corrected chi connectivity index (χ2v) is 3.76. The minimum absolute atomic E-state index is 0.0904. The van der Waals surface area contributed by atoms with Crippen molar-refractivity contribution in [3.05, 3.63) is 36.2 Å². The van der Waals surface area contributed by atoms with Crippen molar-refractivity contribution in [1.29, 1.82) is 0 Å². The molecular weight excluding hydrogens is 212 g/mol. The topological polar surface area (TPSA) is 30.7 Å². The van der Waals surface area contributed by atoms with Crippen LogP contribution in [0.3, 0.4) is 0 Å². The lowest BCUT2D eigenvalue weighted by Gasteiger charge is -2.10. The van der Waals surface area contributed by atoms with Gasteiger partial charge in [0.2, 0.25) is 0 Å². The van der Waals surface area contributed by atoms with Gasteiger partial charge < -0.3 is 4.57 Å². The van der Waals surface area contributed by atoms with Gasteiger partial charge in [0.1, 0.15) is 6.33 Å². The molecule has 0 saturated carbocycles. The van der Waals surface area contributed by atoms with Gasteiger partial charge in [0.15, 0.2) is 17.5 Å². The molecule has 0 N–H and O–H groups in total. The van der Waals surface area contributed by atoms with Gasteiger partial charge >= 0.3 is 0 Å². The second kappa shape index (κ2) is 4.00. The Balaban J connectivity index is 2.59. The molecule has 1 heterocycles. The number of halogens is 2. The molecule has 1 aromatic heterocycles. The Bertz CT molecular complexity index is 506. The molecule has 0 radical (unpaired) electrons. The number of benzene rings is 1. The number of aromatic nitrogens is 3. The maximum absolute atomic E-state index is 13.6. The van der Waals surface area contributed by atoms with Gasteiger partial charge in [-0.15, -0.1) is 10.2 Å². The molecule has 0 saturated heterocycles. The van der Waals surface area contributed by atoms with Crippen LogP contribution in [0.2, 0.25) is 0 Å². The lowest BCUT2D eigenvalue weighted by Crippen LogP contribution is -2.03. The molecule has 0 aliphatic heterocycles. The zero-order valence-electron chi connectivity index (χ0n) is 8.98. The third-order valence-corrected chi connectivity index (χ3v) is 2.32. The summed E-state index contributed by atoms with van der Waals surface area (Å²) in [4.78, 5) is 0. The van der Waals surface area contributed by atoms with Crippen molar-refractivity contribution in [1.82, 2.24) is 14.8 Å². The van der Waals surface area contributed by atoms with Gasteiger partial charge in [-0.3, -0.25) is 0 Å². The van der Waals surface area contributed by atoms with Gasteiger partial charge in [0.25, 0.3) is 0 Å². The average Bonchev–Trinajstić information content (AvgIpc) is 2.70. The van der Waals surface area contributed by atoms with E-state index in [1.807, 2.05) is 13.8 Å². The maximum atomic E-state index is 13.6. The van der Waals surface area contributed by atoms with Crippen LogP contribution in [0, 0.1) is 11.6 Å². The minimum Gasteiger partial charge on any atom is -0.311 e. The lowest BCUT2D eigenvalue weighted by atomic mass is 10.2. The monoisotopic (exact) mass is 223 g/mol. The number of rotatable bonds is 2. The minimum atomic E-state index is -0.891. The lowest BCUT2D eigenvalue weighted by molar-refractivity contribution is 0.508. The fourth-order valence-electron chi connectivity index (χ4n) is 1.49. The molecule has 0 amide bonds. The van der Waals surface area contributed by atoms with Gasteiger partial charge in [-0.1, -0.05) is 6.07 Å². The summed E-state index contributed by atoms with van der Waals surface area (Å²) in [5.41, 5.74) is 0.131. The molecule has 0 aliphatic carbocycles. The molecule has 2 aromatic rings. The van der Waals surface area contributed by atoms with Crippen molar-refractivity contribution in [2.45, 2.75) is 19.9 Å². The first kappa shape index (κ1) is 10.7. The van der Waals surface area contributed by atoms with Crippen LogP contribution in [0.5, 0.6) is 0 Å². The fourth-order valence-corrected chi connectivity index (χ4v) is 1.49. The Labute approximate surface area is 91.7 Å². The van der Waals surface area contributed by atoms with E-state index in [-0.39, 0.29) is 11.6 Å². The highest BCUT2D eigenvalue weighted by Gasteiger charge is 2.16. The van der Waals surface area contributed by atoms with Crippen molar-refractivity contribution in [3.63, 3.8) is 0 Å². The zero-order chi connectivity index (χ0) is 11.7. The molecular formula is C11H11F2N3. The standard InChI is InChI=1S/C11H11F2N3/c1-7(2)16-6-14-15-11(16)8-4-3-5-9(12)10(8)13/h3-7H,1-2H3. The predicted molar refractivity (Wildman–Crippen MR) is 55.8 cm³/mol. The van der Waals surface area contributed by atoms with E-state index in [1.54, 1.807) is 4.57 Å². The summed E-state index contributed by atoms with van der Waals surface area (Å²) in [6, 6.07) is 4.11. The predicted octanol–water partition coefficient (Wildman–Crippen LogP) is 2.80. The Morgan fingerprint density at radius 3 is 2.69 bits per heavy atom. The first-order valence-electron chi connectivity index (χ1n) is 4.95. The fraction of sp³-hybridized carbons (Fsp3) is 0.273. The summed E-state index contributed by atoms with van der Waals surface area (Å²) in [5, 5.41) is 7.53. The first-order valence-corrected chi connectivity index (χ1v) is 4.95. The third kappa shape index (κ3) is 1.68. The van der Waals surface area contributed by atoms with Crippen LogP contribution in [0.4, 0.5) is 8.78 Å². The molecule has 0 atom stereocenters. The molecule has 84 valence electrons. The summed E-state index contributed by atoms with van der Waals surface area (Å²) in [7, 11) is 0. The molecule has 1 aromatic carbocycles. The summed E-state index contributed by atoms with van der Waals surface area (Å²) in [5.74, 6) is -1.43. The van der Waals surface area contributed by atoms with Crippen LogP contribution in [0.15, 0.2) is 24.5 Å². The number of nitrogens with zero attached hydrogens (tertiary/aromatic N) is 3. The van der Waals surface area contributed by atoms with Crippen molar-refractivity contribution < 1.29 is 8.78 Å². The highest BCUT2D eigenvalue weighted by atomic mass is 19.2. The Hall–Kier alpha value is -1.78. The summed E-state index contributed by atoms with van der Waals surface area (Å²) < 4.78 is 28.3. The molecule has 0 spiro atoms. The summed E-state index contributed by atoms with van der Waals surface area (Å²) in [6.07, 6.45) is 1.50. The normalized spacial score (nSPS) is 11.1. The smallest absolute Gasteiger partial charge is 0.169 e. The first-order chi connectivity index (χ1) is 7.61. The van der Waals surface area contributed by atoms with Crippen LogP contribution in [-0.2, 0) is 0 Å². The van der Waals surface area contributed by atoms with Crippen LogP contribution in [0.25, 0.3) is 11.4 Å². The molecule has 0 bridgehead atoms. The van der Waals surface area contributed by atoms with Crippen molar-refractivity contribution in [3.8, 4) is 11.4 Å². The van der Waals surface area contributed by atoms with Crippen LogP contribution in [-0.4, -0.2) is 14.8 Å². The highest BCUT2D eigenvalue weighted by molar-refractivity contribution is 5.56. The van der Waals surface area contributed by atoms with E-state index in [2.05, 4.69) is 10.2 Å². The Morgan fingerprint density at radius 2 is 2.00 bits per heavy atom. The Kier molecular flexibility index (Phi) is 2.68. The maximum Gasteiger partial charge on any atom is 0.169 e. The van der Waals surface area contributed by atoms with Crippen molar-refractivity contribution >= 4 is 0 Å². The van der Waals surface area contributed by atoms with E-state index in [1.165, 1.54) is 18.5 Å². The van der Waals surface area contributed by atoms with E-state index in [0.29, 0.717) is 5.82 Å². The quantitative estimate of drug-likeness (QED) is 0.783. The van der Waals surface area contributed by atoms with Crippen LogP contribution in [0.1, 0.15) is 19.9 Å². The molecule has 0 aliphatic rings. The highest BCUT2D eigenvalue weighted by Crippen LogP contribution is 2.24. The van der Waals surface area contributed by atoms with Crippen LogP contribution < -0.4 is 0 Å². The van der Waals surface area contributed by atoms with E-state index in [0.717, 1.165) is 6.07 Å². The molecule has 3 nitrogen and oxygen atoms in total. The summed E-state index contributed by atoms with van der Waals surface area (Å²) in [6.45, 7) is 3.84. The van der Waals surface area contributed by atoms with Crippen molar-refractivity contribution in [2.75, 3.05) is 0 Å². The van der Waals surface area contributed by atoms with E-state index in [4.69, 9.17) is 0 Å². The Morgan fingerprint density at radius 1 is 1.25 bits per heavy atom. The van der Waals surface area contributed by atoms with E-state index >= 15 is 0 Å². The molecule has 5 heteroatoms. The second-order valence-electron chi connectivity index (χ2n) is 3.76.